The maximum atomic E-state index is 2.80. The summed E-state index contributed by atoms with van der Waals surface area (Å²) < 4.78 is 0. The molecule has 0 saturated heterocycles. The first-order valence-corrected chi connectivity index (χ1v) is 7.56. The van der Waals surface area contributed by atoms with Gasteiger partial charge in [0, 0.05) is 0 Å². The van der Waals surface area contributed by atoms with Crippen molar-refractivity contribution in [2.75, 3.05) is 0 Å². The first-order chi connectivity index (χ1) is 8.12. The summed E-state index contributed by atoms with van der Waals surface area (Å²) in [6.07, 6.45) is 7.46. The normalized spacial score (nSPS) is 46.7. The molecule has 0 aromatic heterocycles. The molecule has 3 aliphatic rings. The van der Waals surface area contributed by atoms with Crippen LogP contribution in [0.15, 0.2) is 24.3 Å². The zero-order valence-electron chi connectivity index (χ0n) is 10.6. The van der Waals surface area contributed by atoms with Crippen molar-refractivity contribution in [3.63, 3.8) is 0 Å². The molecule has 1 aromatic carbocycles. The van der Waals surface area contributed by atoms with E-state index in [0.717, 1.165) is 17.3 Å². The van der Waals surface area contributed by atoms with E-state index in [0.29, 0.717) is 5.41 Å². The number of fused-ring (bicyclic) bond motifs is 1. The largest absolute Gasteiger partial charge is 0.106 e. The third-order valence-corrected chi connectivity index (χ3v) is 6.09. The van der Waals surface area contributed by atoms with E-state index >= 15 is 0 Å². The lowest BCUT2D eigenvalue weighted by Gasteiger charge is -2.40. The molecule has 0 aliphatic heterocycles. The highest BCUT2D eigenvalue weighted by Crippen LogP contribution is 2.76. The van der Waals surface area contributed by atoms with Crippen LogP contribution in [0.2, 0.25) is 0 Å². The lowest BCUT2D eigenvalue weighted by molar-refractivity contribution is 0.193. The van der Waals surface area contributed by atoms with Gasteiger partial charge in [-0.1, -0.05) is 31.2 Å². The van der Waals surface area contributed by atoms with E-state index in [-0.39, 0.29) is 0 Å². The van der Waals surface area contributed by atoms with Crippen molar-refractivity contribution < 1.29 is 0 Å². The van der Waals surface area contributed by atoms with Gasteiger partial charge < -0.3 is 0 Å². The molecule has 17 heavy (non-hydrogen) atoms. The van der Waals surface area contributed by atoms with Crippen LogP contribution in [0.4, 0.5) is 0 Å². The monoisotopic (exact) mass is 244 g/mol. The second-order valence-electron chi connectivity index (χ2n) is 7.06. The summed E-state index contributed by atoms with van der Waals surface area (Å²) in [5, 5.41) is 1.31. The van der Waals surface area contributed by atoms with Gasteiger partial charge in [-0.05, 0) is 65.6 Å². The average Bonchev–Trinajstić information content (AvgIpc) is 2.81. The maximum Gasteiger partial charge on any atom is -0.00362 e. The van der Waals surface area contributed by atoms with Crippen LogP contribution < -0.4 is 5.30 Å². The summed E-state index contributed by atoms with van der Waals surface area (Å²) in [5.41, 5.74) is 2.97. The molecule has 1 spiro atoms. The molecule has 3 fully saturated rings. The van der Waals surface area contributed by atoms with Crippen LogP contribution in [0.5, 0.6) is 0 Å². The zero-order chi connectivity index (χ0) is 11.7. The van der Waals surface area contributed by atoms with Crippen molar-refractivity contribution in [2.45, 2.75) is 44.4 Å². The fourth-order valence-corrected chi connectivity index (χ4v) is 5.43. The van der Waals surface area contributed by atoms with E-state index in [1.54, 1.807) is 12.0 Å². The molecule has 3 saturated carbocycles. The number of hydrogen-bond acceptors (Lipinski definition) is 0. The van der Waals surface area contributed by atoms with E-state index < -0.39 is 0 Å². The Balaban J connectivity index is 1.75. The van der Waals surface area contributed by atoms with Crippen molar-refractivity contribution in [1.82, 2.24) is 0 Å². The molecule has 0 N–H and O–H groups in total. The van der Waals surface area contributed by atoms with Crippen LogP contribution in [0.25, 0.3) is 0 Å². The molecule has 0 radical (unpaired) electrons. The Morgan fingerprint density at radius 1 is 1.06 bits per heavy atom. The van der Waals surface area contributed by atoms with Gasteiger partial charge in [0.2, 0.25) is 0 Å². The molecule has 3 aliphatic carbocycles. The van der Waals surface area contributed by atoms with Crippen LogP contribution in [-0.4, -0.2) is 0 Å². The molecule has 1 aromatic rings. The molecule has 0 heterocycles. The molecular formula is C16H21P. The summed E-state index contributed by atoms with van der Waals surface area (Å²) in [4.78, 5) is 0. The van der Waals surface area contributed by atoms with Gasteiger partial charge in [0.1, 0.15) is 0 Å². The minimum Gasteiger partial charge on any atom is -0.106 e. The van der Waals surface area contributed by atoms with Crippen molar-refractivity contribution in [2.24, 2.45) is 17.3 Å². The van der Waals surface area contributed by atoms with E-state index in [2.05, 4.69) is 40.4 Å². The second kappa shape index (κ2) is 3.15. The standard InChI is InChI=1S/C16H21P/c1-11-6-15(12-2-4-14(17)5-3-12)8-13-9-16(13,7-11)10-15/h2-5,11,13H,6-10,17H2,1H3. The molecule has 4 rings (SSSR count). The average molecular weight is 244 g/mol. The number of rotatable bonds is 1. The van der Waals surface area contributed by atoms with Crippen LogP contribution in [-0.2, 0) is 5.41 Å². The van der Waals surface area contributed by atoms with Gasteiger partial charge in [0.15, 0.2) is 0 Å². The molecule has 0 amide bonds. The van der Waals surface area contributed by atoms with Crippen molar-refractivity contribution in [3.05, 3.63) is 29.8 Å². The predicted molar refractivity (Wildman–Crippen MR) is 75.6 cm³/mol. The van der Waals surface area contributed by atoms with Crippen LogP contribution >= 0.6 is 9.24 Å². The fraction of sp³-hybridized carbons (Fsp3) is 0.625. The topological polar surface area (TPSA) is 0 Å². The number of benzene rings is 1. The molecular weight excluding hydrogens is 223 g/mol. The predicted octanol–water partition coefficient (Wildman–Crippen LogP) is 3.65. The van der Waals surface area contributed by atoms with E-state index in [1.165, 1.54) is 31.0 Å². The molecule has 1 heteroatoms. The van der Waals surface area contributed by atoms with Gasteiger partial charge in [-0.3, -0.25) is 0 Å². The highest BCUT2D eigenvalue weighted by Gasteiger charge is 2.67. The summed E-state index contributed by atoms with van der Waals surface area (Å²) in [6, 6.07) is 9.31. The van der Waals surface area contributed by atoms with Crippen LogP contribution in [0.1, 0.15) is 44.6 Å². The third-order valence-electron chi connectivity index (χ3n) is 5.70. The van der Waals surface area contributed by atoms with Crippen molar-refractivity contribution in [1.29, 1.82) is 0 Å². The van der Waals surface area contributed by atoms with Crippen molar-refractivity contribution in [3.8, 4) is 0 Å². The lowest BCUT2D eigenvalue weighted by atomic mass is 9.64. The second-order valence-corrected chi connectivity index (χ2v) is 7.73. The summed E-state index contributed by atoms with van der Waals surface area (Å²) in [5.74, 6) is 2.01. The first kappa shape index (κ1) is 10.6. The van der Waals surface area contributed by atoms with Gasteiger partial charge in [0.05, 0.1) is 0 Å². The maximum absolute atomic E-state index is 2.80. The highest BCUT2D eigenvalue weighted by molar-refractivity contribution is 7.27. The van der Waals surface area contributed by atoms with E-state index in [1.807, 2.05) is 0 Å². The Hall–Kier alpha value is -0.350. The molecule has 0 nitrogen and oxygen atoms in total. The number of hydrogen-bond donors (Lipinski definition) is 0. The molecule has 90 valence electrons. The van der Waals surface area contributed by atoms with Gasteiger partial charge >= 0.3 is 0 Å². The van der Waals surface area contributed by atoms with Crippen molar-refractivity contribution >= 4 is 14.5 Å². The lowest BCUT2D eigenvalue weighted by Crippen LogP contribution is -2.33. The Labute approximate surface area is 106 Å². The SMILES string of the molecule is CC1CC2(c3ccc(P)cc3)CC3CC3(C1)C2. The first-order valence-electron chi connectivity index (χ1n) is 6.98. The molecule has 5 unspecified atom stereocenters. The Morgan fingerprint density at radius 2 is 1.82 bits per heavy atom. The zero-order valence-corrected chi connectivity index (χ0v) is 11.7. The fourth-order valence-electron chi connectivity index (χ4n) is 5.24. The summed E-state index contributed by atoms with van der Waals surface area (Å²) >= 11 is 0. The minimum absolute atomic E-state index is 0.555. The Bertz CT molecular complexity index is 459. The van der Waals surface area contributed by atoms with E-state index in [4.69, 9.17) is 0 Å². The Morgan fingerprint density at radius 3 is 2.59 bits per heavy atom. The van der Waals surface area contributed by atoms with E-state index in [9.17, 15) is 0 Å². The third kappa shape index (κ3) is 1.40. The van der Waals surface area contributed by atoms with Gasteiger partial charge in [-0.15, -0.1) is 9.24 Å². The van der Waals surface area contributed by atoms with Gasteiger partial charge in [-0.25, -0.2) is 0 Å². The summed E-state index contributed by atoms with van der Waals surface area (Å²) in [6.45, 7) is 2.47. The van der Waals surface area contributed by atoms with Gasteiger partial charge in [-0.2, -0.15) is 0 Å². The minimum atomic E-state index is 0.555. The smallest absolute Gasteiger partial charge is 0.00362 e. The summed E-state index contributed by atoms with van der Waals surface area (Å²) in [7, 11) is 2.80. The van der Waals surface area contributed by atoms with Crippen LogP contribution in [0.3, 0.4) is 0 Å². The molecule has 2 bridgehead atoms. The molecule has 5 atom stereocenters. The Kier molecular flexibility index (Phi) is 1.96. The highest BCUT2D eigenvalue weighted by atomic mass is 31.0. The van der Waals surface area contributed by atoms with Crippen LogP contribution in [0, 0.1) is 17.3 Å². The quantitative estimate of drug-likeness (QED) is 0.661. The van der Waals surface area contributed by atoms with Gasteiger partial charge in [0.25, 0.3) is 0 Å².